The maximum absolute atomic E-state index is 12.9. The molecule has 24 heavy (non-hydrogen) atoms. The van der Waals surface area contributed by atoms with Gasteiger partial charge >= 0.3 is 0 Å². The third-order valence-electron chi connectivity index (χ3n) is 4.15. The Labute approximate surface area is 152 Å². The number of nitrogens with one attached hydrogen (secondary N) is 1. The summed E-state index contributed by atoms with van der Waals surface area (Å²) in [4.78, 5) is 19.4. The van der Waals surface area contributed by atoms with E-state index in [1.807, 2.05) is 29.3 Å². The van der Waals surface area contributed by atoms with Crippen molar-refractivity contribution in [3.05, 3.63) is 29.0 Å². The number of thiazole rings is 1. The van der Waals surface area contributed by atoms with Crippen LogP contribution in [0.1, 0.15) is 42.4 Å². The van der Waals surface area contributed by atoms with Crippen molar-refractivity contribution in [2.24, 2.45) is 0 Å². The number of aryl methyl sites for hydroxylation is 1. The third kappa shape index (κ3) is 4.18. The van der Waals surface area contributed by atoms with Crippen LogP contribution in [0, 0.1) is 6.92 Å². The Morgan fingerprint density at radius 3 is 2.79 bits per heavy atom. The first-order chi connectivity index (χ1) is 11.2. The second kappa shape index (κ2) is 8.65. The zero-order valence-electron chi connectivity index (χ0n) is 14.1. The SMILES string of the molecule is CCCN(C(=O)c1csc(-c2ccc(C)o2)n1)C1CCNCC1.Cl. The lowest BCUT2D eigenvalue weighted by molar-refractivity contribution is 0.0637. The molecule has 1 amide bonds. The van der Waals surface area contributed by atoms with E-state index in [1.165, 1.54) is 11.3 Å². The monoisotopic (exact) mass is 369 g/mol. The third-order valence-corrected chi connectivity index (χ3v) is 5.01. The van der Waals surface area contributed by atoms with Crippen molar-refractivity contribution in [1.29, 1.82) is 0 Å². The van der Waals surface area contributed by atoms with Gasteiger partial charge in [0.1, 0.15) is 11.5 Å². The topological polar surface area (TPSA) is 58.4 Å². The average Bonchev–Trinajstić information content (AvgIpc) is 3.21. The fraction of sp³-hybridized carbons (Fsp3) is 0.529. The van der Waals surface area contributed by atoms with E-state index in [0.29, 0.717) is 11.7 Å². The van der Waals surface area contributed by atoms with E-state index in [1.54, 1.807) is 0 Å². The summed E-state index contributed by atoms with van der Waals surface area (Å²) in [6, 6.07) is 4.13. The number of rotatable bonds is 5. The minimum Gasteiger partial charge on any atom is -0.459 e. The van der Waals surface area contributed by atoms with Gasteiger partial charge in [0.15, 0.2) is 10.8 Å². The molecule has 1 N–H and O–H groups in total. The van der Waals surface area contributed by atoms with Gasteiger partial charge < -0.3 is 14.6 Å². The zero-order chi connectivity index (χ0) is 16.2. The van der Waals surface area contributed by atoms with E-state index < -0.39 is 0 Å². The number of halogens is 1. The lowest BCUT2D eigenvalue weighted by Crippen LogP contribution is -2.46. The standard InChI is InChI=1S/C17H23N3O2S.ClH/c1-3-10-20(13-6-8-18-9-7-13)17(21)14-11-23-16(19-14)15-5-4-12(2)22-15;/h4-5,11,13,18H,3,6-10H2,1-2H3;1H. The van der Waals surface area contributed by atoms with E-state index in [2.05, 4.69) is 17.2 Å². The van der Waals surface area contributed by atoms with E-state index in [0.717, 1.165) is 55.4 Å². The van der Waals surface area contributed by atoms with Crippen LogP contribution in [-0.2, 0) is 0 Å². The summed E-state index contributed by atoms with van der Waals surface area (Å²) in [5.74, 6) is 1.63. The molecule has 1 saturated heterocycles. The molecule has 0 saturated carbocycles. The second-order valence-electron chi connectivity index (χ2n) is 5.93. The molecule has 0 aliphatic carbocycles. The first-order valence-corrected chi connectivity index (χ1v) is 9.11. The zero-order valence-corrected chi connectivity index (χ0v) is 15.7. The lowest BCUT2D eigenvalue weighted by atomic mass is 10.0. The van der Waals surface area contributed by atoms with Crippen molar-refractivity contribution in [3.8, 4) is 10.8 Å². The van der Waals surface area contributed by atoms with Gasteiger partial charge in [-0.15, -0.1) is 23.7 Å². The molecule has 3 rings (SSSR count). The van der Waals surface area contributed by atoms with Gasteiger partial charge in [-0.1, -0.05) is 6.92 Å². The summed E-state index contributed by atoms with van der Waals surface area (Å²) in [5, 5.41) is 5.97. The Bertz CT molecular complexity index is 664. The molecule has 0 unspecified atom stereocenters. The van der Waals surface area contributed by atoms with Crippen LogP contribution in [0.4, 0.5) is 0 Å². The first-order valence-electron chi connectivity index (χ1n) is 8.23. The summed E-state index contributed by atoms with van der Waals surface area (Å²) in [6.45, 7) is 6.76. The maximum atomic E-state index is 12.9. The smallest absolute Gasteiger partial charge is 0.273 e. The van der Waals surface area contributed by atoms with Crippen molar-refractivity contribution >= 4 is 29.7 Å². The quantitative estimate of drug-likeness (QED) is 0.872. The number of carbonyl (C=O) groups excluding carboxylic acids is 1. The average molecular weight is 370 g/mol. The normalized spacial score (nSPS) is 15.1. The van der Waals surface area contributed by atoms with Crippen LogP contribution >= 0.6 is 23.7 Å². The van der Waals surface area contributed by atoms with E-state index in [-0.39, 0.29) is 18.3 Å². The van der Waals surface area contributed by atoms with Crippen molar-refractivity contribution in [1.82, 2.24) is 15.2 Å². The molecule has 2 aromatic heterocycles. The molecule has 1 aliphatic rings. The lowest BCUT2D eigenvalue weighted by Gasteiger charge is -2.34. The molecular weight excluding hydrogens is 346 g/mol. The predicted octanol–water partition coefficient (Wildman–Crippen LogP) is 3.74. The number of carbonyl (C=O) groups is 1. The first kappa shape index (κ1) is 19.0. The van der Waals surface area contributed by atoms with Crippen molar-refractivity contribution < 1.29 is 9.21 Å². The molecule has 0 radical (unpaired) electrons. The largest absolute Gasteiger partial charge is 0.459 e. The number of hydrogen-bond donors (Lipinski definition) is 1. The molecule has 0 atom stereocenters. The molecule has 1 aliphatic heterocycles. The fourth-order valence-corrected chi connectivity index (χ4v) is 3.74. The molecule has 0 aromatic carbocycles. The highest BCUT2D eigenvalue weighted by Gasteiger charge is 2.27. The van der Waals surface area contributed by atoms with Crippen LogP contribution in [0.5, 0.6) is 0 Å². The summed E-state index contributed by atoms with van der Waals surface area (Å²) >= 11 is 1.46. The minimum atomic E-state index is 0. The van der Waals surface area contributed by atoms with Gasteiger partial charge in [-0.25, -0.2) is 4.98 Å². The highest BCUT2D eigenvalue weighted by atomic mass is 35.5. The predicted molar refractivity (Wildman–Crippen MR) is 99.0 cm³/mol. The number of nitrogens with zero attached hydrogens (tertiary/aromatic N) is 2. The second-order valence-corrected chi connectivity index (χ2v) is 6.79. The van der Waals surface area contributed by atoms with Crippen LogP contribution in [0.15, 0.2) is 21.9 Å². The van der Waals surface area contributed by atoms with Crippen LogP contribution in [-0.4, -0.2) is 41.5 Å². The van der Waals surface area contributed by atoms with Gasteiger partial charge in [0.2, 0.25) is 0 Å². The number of hydrogen-bond acceptors (Lipinski definition) is 5. The maximum Gasteiger partial charge on any atom is 0.273 e. The van der Waals surface area contributed by atoms with E-state index in [9.17, 15) is 4.79 Å². The van der Waals surface area contributed by atoms with Crippen LogP contribution in [0.3, 0.4) is 0 Å². The van der Waals surface area contributed by atoms with Gasteiger partial charge in [-0.2, -0.15) is 0 Å². The molecule has 0 spiro atoms. The summed E-state index contributed by atoms with van der Waals surface area (Å²) in [5.41, 5.74) is 0.533. The highest BCUT2D eigenvalue weighted by molar-refractivity contribution is 7.13. The number of amides is 1. The van der Waals surface area contributed by atoms with Gasteiger partial charge in [0.25, 0.3) is 5.91 Å². The van der Waals surface area contributed by atoms with Crippen molar-refractivity contribution in [2.75, 3.05) is 19.6 Å². The molecule has 1 fully saturated rings. The molecule has 5 nitrogen and oxygen atoms in total. The van der Waals surface area contributed by atoms with Crippen LogP contribution in [0.25, 0.3) is 10.8 Å². The Morgan fingerprint density at radius 1 is 1.42 bits per heavy atom. The van der Waals surface area contributed by atoms with Crippen molar-refractivity contribution in [2.45, 2.75) is 39.2 Å². The Balaban J connectivity index is 0.00000208. The van der Waals surface area contributed by atoms with Gasteiger partial charge in [-0.05, 0) is 51.4 Å². The number of furan rings is 1. The molecular formula is C17H24ClN3O2S. The van der Waals surface area contributed by atoms with Crippen molar-refractivity contribution in [3.63, 3.8) is 0 Å². The summed E-state index contributed by atoms with van der Waals surface area (Å²) < 4.78 is 5.60. The number of piperidine rings is 1. The fourth-order valence-electron chi connectivity index (χ4n) is 2.99. The van der Waals surface area contributed by atoms with Gasteiger partial charge in [0, 0.05) is 18.0 Å². The molecule has 3 heterocycles. The molecule has 132 valence electrons. The molecule has 0 bridgehead atoms. The highest BCUT2D eigenvalue weighted by Crippen LogP contribution is 2.26. The van der Waals surface area contributed by atoms with E-state index >= 15 is 0 Å². The minimum absolute atomic E-state index is 0. The molecule has 7 heteroatoms. The Morgan fingerprint density at radius 2 is 2.17 bits per heavy atom. The Kier molecular flexibility index (Phi) is 6.83. The number of aromatic nitrogens is 1. The summed E-state index contributed by atoms with van der Waals surface area (Å²) in [7, 11) is 0. The van der Waals surface area contributed by atoms with Gasteiger partial charge in [0.05, 0.1) is 0 Å². The summed E-state index contributed by atoms with van der Waals surface area (Å²) in [6.07, 6.45) is 2.99. The Hall–Kier alpha value is -1.37. The van der Waals surface area contributed by atoms with E-state index in [4.69, 9.17) is 4.42 Å². The van der Waals surface area contributed by atoms with Crippen LogP contribution in [0.2, 0.25) is 0 Å². The molecule has 2 aromatic rings. The van der Waals surface area contributed by atoms with Gasteiger partial charge in [-0.3, -0.25) is 4.79 Å². The van der Waals surface area contributed by atoms with Crippen LogP contribution < -0.4 is 5.32 Å².